The van der Waals surface area contributed by atoms with Crippen LogP contribution in [0.3, 0.4) is 0 Å². The number of rotatable bonds is 5. The van der Waals surface area contributed by atoms with Crippen LogP contribution in [0.15, 0.2) is 43.2 Å². The number of halogens is 2. The van der Waals surface area contributed by atoms with E-state index in [1.807, 2.05) is 4.90 Å². The molecule has 2 aromatic heterocycles. The number of benzene rings is 1. The molecule has 1 atom stereocenters. The van der Waals surface area contributed by atoms with Gasteiger partial charge >= 0.3 is 0 Å². The number of hydrogen-bond donors (Lipinski definition) is 1. The summed E-state index contributed by atoms with van der Waals surface area (Å²) in [5.74, 6) is -0.613. The Morgan fingerprint density at radius 2 is 1.97 bits per heavy atom. The second-order valence-electron chi connectivity index (χ2n) is 6.78. The lowest BCUT2D eigenvalue weighted by Gasteiger charge is -2.32. The summed E-state index contributed by atoms with van der Waals surface area (Å²) in [4.78, 5) is 27.0. The van der Waals surface area contributed by atoms with Gasteiger partial charge in [0.05, 0.1) is 5.92 Å². The number of hydrogen-bond acceptors (Lipinski definition) is 6. The predicted octanol–water partition coefficient (Wildman–Crippen LogP) is 1.87. The number of amides is 1. The van der Waals surface area contributed by atoms with Crippen molar-refractivity contribution in [3.63, 3.8) is 0 Å². The molecule has 4 rings (SSSR count). The zero-order valence-electron chi connectivity index (χ0n) is 15.5. The summed E-state index contributed by atoms with van der Waals surface area (Å²) in [7, 11) is 0. The fraction of sp³-hybridized carbons (Fsp3) is 0.316. The Bertz CT molecular complexity index is 976. The van der Waals surface area contributed by atoms with Crippen LogP contribution in [-0.2, 0) is 11.3 Å². The van der Waals surface area contributed by atoms with Crippen LogP contribution in [0.2, 0.25) is 0 Å². The first kappa shape index (κ1) is 18.9. The zero-order valence-corrected chi connectivity index (χ0v) is 15.5. The Morgan fingerprint density at radius 1 is 1.17 bits per heavy atom. The van der Waals surface area contributed by atoms with Gasteiger partial charge in [0.25, 0.3) is 0 Å². The van der Waals surface area contributed by atoms with Gasteiger partial charge in [-0.15, -0.1) is 0 Å². The van der Waals surface area contributed by atoms with E-state index in [9.17, 15) is 13.6 Å². The number of piperidine rings is 1. The monoisotopic (exact) mass is 399 g/mol. The number of aromatic nitrogens is 5. The molecule has 3 heterocycles. The Hall–Kier alpha value is -3.43. The Morgan fingerprint density at radius 3 is 2.72 bits per heavy atom. The third-order valence-corrected chi connectivity index (χ3v) is 4.91. The summed E-state index contributed by atoms with van der Waals surface area (Å²) in [6.45, 7) is 1.02. The summed E-state index contributed by atoms with van der Waals surface area (Å²) in [6, 6.07) is 5.43. The molecule has 10 heteroatoms. The lowest BCUT2D eigenvalue weighted by Crippen LogP contribution is -2.43. The van der Waals surface area contributed by atoms with Crippen LogP contribution < -0.4 is 10.2 Å². The molecule has 1 amide bonds. The first-order valence-electron chi connectivity index (χ1n) is 9.24. The fourth-order valence-electron chi connectivity index (χ4n) is 3.38. The SMILES string of the molecule is O=C(NCc1c(F)cccc1F)C1CCCN(c2cc(-n3cncn3)ncn2)C1. The molecule has 1 N–H and O–H groups in total. The van der Waals surface area contributed by atoms with Crippen molar-refractivity contribution >= 4 is 11.7 Å². The van der Waals surface area contributed by atoms with Crippen molar-refractivity contribution in [3.8, 4) is 5.82 Å². The highest BCUT2D eigenvalue weighted by Crippen LogP contribution is 2.23. The van der Waals surface area contributed by atoms with Crippen molar-refractivity contribution < 1.29 is 13.6 Å². The van der Waals surface area contributed by atoms with E-state index >= 15 is 0 Å². The van der Waals surface area contributed by atoms with Crippen molar-refractivity contribution in [2.45, 2.75) is 19.4 Å². The molecular formula is C19H19F2N7O. The Kier molecular flexibility index (Phi) is 5.41. The highest BCUT2D eigenvalue weighted by atomic mass is 19.1. The predicted molar refractivity (Wildman–Crippen MR) is 100 cm³/mol. The molecule has 29 heavy (non-hydrogen) atoms. The molecular weight excluding hydrogens is 380 g/mol. The second kappa shape index (κ2) is 8.29. The summed E-state index contributed by atoms with van der Waals surface area (Å²) < 4.78 is 29.0. The molecule has 1 aromatic carbocycles. The summed E-state index contributed by atoms with van der Waals surface area (Å²) >= 11 is 0. The van der Waals surface area contributed by atoms with Crippen LogP contribution in [0, 0.1) is 17.6 Å². The van der Waals surface area contributed by atoms with E-state index in [1.165, 1.54) is 35.5 Å². The van der Waals surface area contributed by atoms with Gasteiger partial charge in [-0.2, -0.15) is 5.10 Å². The van der Waals surface area contributed by atoms with Crippen LogP contribution in [-0.4, -0.2) is 43.7 Å². The van der Waals surface area contributed by atoms with E-state index in [1.54, 1.807) is 12.4 Å². The van der Waals surface area contributed by atoms with E-state index in [0.29, 0.717) is 24.6 Å². The van der Waals surface area contributed by atoms with E-state index in [4.69, 9.17) is 0 Å². The Labute approximate surface area is 165 Å². The Balaban J connectivity index is 1.42. The summed E-state index contributed by atoms with van der Waals surface area (Å²) in [5.41, 5.74) is -0.137. The number of carbonyl (C=O) groups is 1. The quantitative estimate of drug-likeness (QED) is 0.705. The average molecular weight is 399 g/mol. The van der Waals surface area contributed by atoms with E-state index in [-0.39, 0.29) is 23.9 Å². The van der Waals surface area contributed by atoms with Gasteiger partial charge in [0.15, 0.2) is 5.82 Å². The minimum absolute atomic E-state index is 0.137. The maximum absolute atomic E-state index is 13.8. The number of anilines is 1. The average Bonchev–Trinajstić information content (AvgIpc) is 3.28. The summed E-state index contributed by atoms with van der Waals surface area (Å²) in [6.07, 6.45) is 5.90. The van der Waals surface area contributed by atoms with Crippen LogP contribution in [0.25, 0.3) is 5.82 Å². The lowest BCUT2D eigenvalue weighted by molar-refractivity contribution is -0.125. The molecule has 0 radical (unpaired) electrons. The van der Waals surface area contributed by atoms with Gasteiger partial charge in [0, 0.05) is 31.3 Å². The molecule has 150 valence electrons. The maximum Gasteiger partial charge on any atom is 0.225 e. The van der Waals surface area contributed by atoms with Crippen molar-refractivity contribution in [2.75, 3.05) is 18.0 Å². The van der Waals surface area contributed by atoms with E-state index in [2.05, 4.69) is 25.4 Å². The van der Waals surface area contributed by atoms with Gasteiger partial charge in [0.1, 0.15) is 36.4 Å². The third kappa shape index (κ3) is 4.20. The van der Waals surface area contributed by atoms with E-state index < -0.39 is 11.6 Å². The van der Waals surface area contributed by atoms with Crippen LogP contribution in [0.5, 0.6) is 0 Å². The van der Waals surface area contributed by atoms with Crippen molar-refractivity contribution in [1.29, 1.82) is 0 Å². The fourth-order valence-corrected chi connectivity index (χ4v) is 3.38. The molecule has 1 fully saturated rings. The third-order valence-electron chi connectivity index (χ3n) is 4.91. The van der Waals surface area contributed by atoms with Crippen molar-refractivity contribution in [3.05, 3.63) is 60.4 Å². The van der Waals surface area contributed by atoms with E-state index in [0.717, 1.165) is 13.0 Å². The first-order chi connectivity index (χ1) is 14.1. The van der Waals surface area contributed by atoms with Gasteiger partial charge < -0.3 is 10.2 Å². The van der Waals surface area contributed by atoms with Gasteiger partial charge in [-0.1, -0.05) is 6.07 Å². The number of carbonyl (C=O) groups excluding carboxylic acids is 1. The molecule has 1 aliphatic heterocycles. The number of nitrogens with one attached hydrogen (secondary N) is 1. The molecule has 0 saturated carbocycles. The topological polar surface area (TPSA) is 88.8 Å². The van der Waals surface area contributed by atoms with Gasteiger partial charge in [-0.3, -0.25) is 4.79 Å². The number of nitrogens with zero attached hydrogens (tertiary/aromatic N) is 6. The normalized spacial score (nSPS) is 16.6. The van der Waals surface area contributed by atoms with Gasteiger partial charge in [-0.25, -0.2) is 28.4 Å². The van der Waals surface area contributed by atoms with Gasteiger partial charge in [-0.05, 0) is 25.0 Å². The molecule has 1 aliphatic rings. The second-order valence-corrected chi connectivity index (χ2v) is 6.78. The molecule has 3 aromatic rings. The zero-order chi connectivity index (χ0) is 20.2. The molecule has 1 unspecified atom stereocenters. The summed E-state index contributed by atoms with van der Waals surface area (Å²) in [5, 5.41) is 6.71. The molecule has 1 saturated heterocycles. The smallest absolute Gasteiger partial charge is 0.225 e. The molecule has 0 aliphatic carbocycles. The van der Waals surface area contributed by atoms with Crippen LogP contribution in [0.1, 0.15) is 18.4 Å². The minimum Gasteiger partial charge on any atom is -0.356 e. The molecule has 8 nitrogen and oxygen atoms in total. The standard InChI is InChI=1S/C19H19F2N7O/c20-15-4-1-5-16(21)14(15)8-23-19(29)13-3-2-6-27(9-13)17-7-18(25-11-24-17)28-12-22-10-26-28/h1,4-5,7,10-13H,2-3,6,8-9H2,(H,23,29). The highest BCUT2D eigenvalue weighted by Gasteiger charge is 2.27. The van der Waals surface area contributed by atoms with Crippen LogP contribution in [0.4, 0.5) is 14.6 Å². The lowest BCUT2D eigenvalue weighted by atomic mass is 9.97. The molecule has 0 bridgehead atoms. The molecule has 0 spiro atoms. The van der Waals surface area contributed by atoms with Crippen molar-refractivity contribution in [2.24, 2.45) is 5.92 Å². The van der Waals surface area contributed by atoms with Gasteiger partial charge in [0.2, 0.25) is 5.91 Å². The highest BCUT2D eigenvalue weighted by molar-refractivity contribution is 5.79. The van der Waals surface area contributed by atoms with Crippen molar-refractivity contribution in [1.82, 2.24) is 30.0 Å². The minimum atomic E-state index is -0.669. The largest absolute Gasteiger partial charge is 0.356 e. The first-order valence-corrected chi connectivity index (χ1v) is 9.24. The van der Waals surface area contributed by atoms with Crippen LogP contribution >= 0.6 is 0 Å². The maximum atomic E-state index is 13.8.